The summed E-state index contributed by atoms with van der Waals surface area (Å²) in [5, 5.41) is 3.15. The highest BCUT2D eigenvalue weighted by atomic mass is 35.5. The third kappa shape index (κ3) is 7.36. The number of sulfonamides is 1. The molecule has 0 radical (unpaired) electrons. The minimum atomic E-state index is -3.82. The van der Waals surface area contributed by atoms with Crippen molar-refractivity contribution in [3.8, 4) is 5.75 Å². The molecule has 186 valence electrons. The molecule has 2 aromatic rings. The van der Waals surface area contributed by atoms with Crippen LogP contribution in [0, 0.1) is 6.92 Å². The Bertz CT molecular complexity index is 1110. The normalized spacial score (nSPS) is 12.1. The van der Waals surface area contributed by atoms with E-state index >= 15 is 0 Å². The first-order valence-electron chi connectivity index (χ1n) is 10.9. The van der Waals surface area contributed by atoms with E-state index in [-0.39, 0.29) is 12.5 Å². The van der Waals surface area contributed by atoms with Crippen LogP contribution in [0.3, 0.4) is 0 Å². The molecule has 0 aliphatic carbocycles. The number of halogens is 1. The molecule has 0 aliphatic rings. The number of rotatable bonds is 11. The Balaban J connectivity index is 2.40. The molecule has 0 spiro atoms. The molecule has 34 heavy (non-hydrogen) atoms. The molecule has 0 fully saturated rings. The number of ether oxygens (including phenoxy) is 1. The molecular formula is C24H32ClN3O5S. The highest BCUT2D eigenvalue weighted by Crippen LogP contribution is 2.27. The lowest BCUT2D eigenvalue weighted by molar-refractivity contribution is -0.139. The summed E-state index contributed by atoms with van der Waals surface area (Å²) in [7, 11) is -2.26. The molecule has 2 rings (SSSR count). The Morgan fingerprint density at radius 3 is 2.35 bits per heavy atom. The third-order valence-electron chi connectivity index (χ3n) is 5.35. The Hall–Kier alpha value is -2.78. The molecule has 0 saturated heterocycles. The number of nitrogens with zero attached hydrogens (tertiary/aromatic N) is 2. The number of hydrogen-bond acceptors (Lipinski definition) is 5. The summed E-state index contributed by atoms with van der Waals surface area (Å²) in [5.41, 5.74) is 1.74. The van der Waals surface area contributed by atoms with Gasteiger partial charge in [0.1, 0.15) is 18.3 Å². The van der Waals surface area contributed by atoms with Crippen LogP contribution >= 0.6 is 11.6 Å². The quantitative estimate of drug-likeness (QED) is 0.501. The van der Waals surface area contributed by atoms with Gasteiger partial charge in [-0.2, -0.15) is 0 Å². The Morgan fingerprint density at radius 1 is 1.15 bits per heavy atom. The molecule has 0 unspecified atom stereocenters. The minimum Gasteiger partial charge on any atom is -0.497 e. The van der Waals surface area contributed by atoms with Crippen molar-refractivity contribution in [2.75, 3.05) is 30.8 Å². The van der Waals surface area contributed by atoms with Gasteiger partial charge in [-0.3, -0.25) is 13.9 Å². The van der Waals surface area contributed by atoms with E-state index in [0.717, 1.165) is 22.5 Å². The average molecular weight is 510 g/mol. The number of methoxy groups -OCH3 is 1. The van der Waals surface area contributed by atoms with Gasteiger partial charge in [0.2, 0.25) is 21.8 Å². The van der Waals surface area contributed by atoms with E-state index in [1.807, 2.05) is 6.92 Å². The zero-order chi connectivity index (χ0) is 25.5. The predicted molar refractivity (Wildman–Crippen MR) is 135 cm³/mol. The summed E-state index contributed by atoms with van der Waals surface area (Å²) in [5.74, 6) is -0.164. The topological polar surface area (TPSA) is 96.0 Å². The number of benzene rings is 2. The van der Waals surface area contributed by atoms with Crippen LogP contribution in [-0.4, -0.2) is 57.6 Å². The van der Waals surface area contributed by atoms with Gasteiger partial charge in [0, 0.05) is 18.1 Å². The van der Waals surface area contributed by atoms with Gasteiger partial charge in [0.25, 0.3) is 0 Å². The third-order valence-corrected chi connectivity index (χ3v) is 6.71. The molecule has 2 aromatic carbocycles. The van der Waals surface area contributed by atoms with Crippen LogP contribution in [0.2, 0.25) is 5.02 Å². The first kappa shape index (κ1) is 27.5. The van der Waals surface area contributed by atoms with E-state index in [9.17, 15) is 18.0 Å². The lowest BCUT2D eigenvalue weighted by Crippen LogP contribution is -2.51. The van der Waals surface area contributed by atoms with Crippen LogP contribution in [0.5, 0.6) is 5.75 Å². The number of aryl methyl sites for hydroxylation is 1. The molecule has 1 atom stereocenters. The summed E-state index contributed by atoms with van der Waals surface area (Å²) >= 11 is 6.10. The lowest BCUT2D eigenvalue weighted by atomic mass is 10.1. The predicted octanol–water partition coefficient (Wildman–Crippen LogP) is 3.37. The first-order chi connectivity index (χ1) is 16.0. The maximum absolute atomic E-state index is 13.5. The lowest BCUT2D eigenvalue weighted by Gasteiger charge is -2.32. The van der Waals surface area contributed by atoms with E-state index in [1.165, 1.54) is 11.0 Å². The smallest absolute Gasteiger partial charge is 0.244 e. The monoisotopic (exact) mass is 509 g/mol. The highest BCUT2D eigenvalue weighted by Gasteiger charge is 2.30. The number of anilines is 1. The first-order valence-corrected chi connectivity index (χ1v) is 13.1. The Labute approximate surface area is 206 Å². The number of carbonyl (C=O) groups is 2. The molecule has 0 aliphatic heterocycles. The van der Waals surface area contributed by atoms with Crippen LogP contribution in [0.4, 0.5) is 5.69 Å². The van der Waals surface area contributed by atoms with Crippen LogP contribution in [0.15, 0.2) is 42.5 Å². The standard InChI is InChI=1S/C24H32ClN3O5S/c1-6-13-26-24(30)18(3)27(15-19-8-11-21(33-4)12-9-19)23(29)16-28(34(5,31)32)22-14-20(25)10-7-17(22)2/h7-12,14,18H,6,13,15-16H2,1-5H3,(H,26,30)/t18-/m0/s1. The van der Waals surface area contributed by atoms with Crippen molar-refractivity contribution >= 4 is 39.1 Å². The number of nitrogens with one attached hydrogen (secondary N) is 1. The van der Waals surface area contributed by atoms with E-state index in [4.69, 9.17) is 16.3 Å². The Morgan fingerprint density at radius 2 is 1.79 bits per heavy atom. The van der Waals surface area contributed by atoms with Gasteiger partial charge < -0.3 is 15.0 Å². The largest absolute Gasteiger partial charge is 0.497 e. The van der Waals surface area contributed by atoms with Gasteiger partial charge in [0.05, 0.1) is 19.1 Å². The fraction of sp³-hybridized carbons (Fsp3) is 0.417. The zero-order valence-electron chi connectivity index (χ0n) is 20.2. The molecule has 8 nitrogen and oxygen atoms in total. The maximum atomic E-state index is 13.5. The average Bonchev–Trinajstić information content (AvgIpc) is 2.80. The van der Waals surface area contributed by atoms with E-state index in [2.05, 4.69) is 5.32 Å². The summed E-state index contributed by atoms with van der Waals surface area (Å²) in [6.45, 7) is 5.43. The van der Waals surface area contributed by atoms with Crippen LogP contribution in [-0.2, 0) is 26.2 Å². The summed E-state index contributed by atoms with van der Waals surface area (Å²) in [4.78, 5) is 27.6. The van der Waals surface area contributed by atoms with Gasteiger partial charge in [-0.25, -0.2) is 8.42 Å². The van der Waals surface area contributed by atoms with Gasteiger partial charge in [-0.1, -0.05) is 36.7 Å². The fourth-order valence-corrected chi connectivity index (χ4v) is 4.42. The molecule has 1 N–H and O–H groups in total. The number of carbonyl (C=O) groups excluding carboxylic acids is 2. The molecule has 2 amide bonds. The second-order valence-electron chi connectivity index (χ2n) is 8.04. The van der Waals surface area contributed by atoms with Crippen molar-refractivity contribution < 1.29 is 22.7 Å². The molecule has 0 aromatic heterocycles. The fourth-order valence-electron chi connectivity index (χ4n) is 3.35. The summed E-state index contributed by atoms with van der Waals surface area (Å²) in [6, 6.07) is 11.2. The Kier molecular flexibility index (Phi) is 9.76. The highest BCUT2D eigenvalue weighted by molar-refractivity contribution is 7.92. The summed E-state index contributed by atoms with van der Waals surface area (Å²) in [6.07, 6.45) is 1.78. The van der Waals surface area contributed by atoms with Crippen molar-refractivity contribution in [3.63, 3.8) is 0 Å². The zero-order valence-corrected chi connectivity index (χ0v) is 21.7. The van der Waals surface area contributed by atoms with Crippen molar-refractivity contribution in [2.24, 2.45) is 0 Å². The van der Waals surface area contributed by atoms with Gasteiger partial charge in [-0.15, -0.1) is 0 Å². The SMILES string of the molecule is CCCNC(=O)[C@H](C)N(Cc1ccc(OC)cc1)C(=O)CN(c1cc(Cl)ccc1C)S(C)(=O)=O. The molecule has 0 bridgehead atoms. The van der Waals surface area contributed by atoms with Gasteiger partial charge >= 0.3 is 0 Å². The van der Waals surface area contributed by atoms with E-state index in [0.29, 0.717) is 28.6 Å². The van der Waals surface area contributed by atoms with Crippen molar-refractivity contribution in [1.29, 1.82) is 0 Å². The molecule has 10 heteroatoms. The minimum absolute atomic E-state index is 0.121. The number of hydrogen-bond donors (Lipinski definition) is 1. The van der Waals surface area contributed by atoms with Crippen LogP contribution in [0.1, 0.15) is 31.4 Å². The van der Waals surface area contributed by atoms with Crippen LogP contribution < -0.4 is 14.4 Å². The molecule has 0 saturated carbocycles. The van der Waals surface area contributed by atoms with Crippen molar-refractivity contribution in [3.05, 3.63) is 58.6 Å². The second kappa shape index (κ2) is 12.1. The molecular weight excluding hydrogens is 478 g/mol. The van der Waals surface area contributed by atoms with Gasteiger partial charge in [-0.05, 0) is 55.7 Å². The molecule has 0 heterocycles. The maximum Gasteiger partial charge on any atom is 0.244 e. The van der Waals surface area contributed by atoms with Crippen molar-refractivity contribution in [2.45, 2.75) is 39.8 Å². The second-order valence-corrected chi connectivity index (χ2v) is 10.4. The van der Waals surface area contributed by atoms with E-state index in [1.54, 1.807) is 57.4 Å². The summed E-state index contributed by atoms with van der Waals surface area (Å²) < 4.78 is 31.5. The van der Waals surface area contributed by atoms with E-state index < -0.39 is 28.5 Å². The van der Waals surface area contributed by atoms with Gasteiger partial charge in [0.15, 0.2) is 0 Å². The van der Waals surface area contributed by atoms with Crippen LogP contribution in [0.25, 0.3) is 0 Å². The number of amides is 2. The van der Waals surface area contributed by atoms with Crippen molar-refractivity contribution in [1.82, 2.24) is 10.2 Å².